The van der Waals surface area contributed by atoms with E-state index in [-0.39, 0.29) is 5.60 Å². The number of para-hydroxylation sites is 1. The Balaban J connectivity index is 1.75. The van der Waals surface area contributed by atoms with Crippen molar-refractivity contribution in [3.05, 3.63) is 29.8 Å². The molecule has 0 amide bonds. The van der Waals surface area contributed by atoms with Crippen LogP contribution >= 0.6 is 0 Å². The second kappa shape index (κ2) is 8.92. The molecule has 1 aliphatic carbocycles. The highest BCUT2D eigenvalue weighted by Gasteiger charge is 2.20. The molecule has 134 valence electrons. The monoisotopic (exact) mass is 333 g/mol. The largest absolute Gasteiger partial charge is 0.488 e. The summed E-state index contributed by atoms with van der Waals surface area (Å²) >= 11 is 0. The number of benzene rings is 1. The molecule has 1 fully saturated rings. The fourth-order valence-electron chi connectivity index (χ4n) is 2.25. The Morgan fingerprint density at radius 3 is 2.62 bits per heavy atom. The van der Waals surface area contributed by atoms with Crippen molar-refractivity contribution in [2.24, 2.45) is 10.9 Å². The molecular weight excluding hydrogens is 302 g/mol. The van der Waals surface area contributed by atoms with Crippen molar-refractivity contribution in [2.45, 2.75) is 45.8 Å². The van der Waals surface area contributed by atoms with Crippen molar-refractivity contribution in [1.29, 1.82) is 0 Å². The molecule has 0 radical (unpaired) electrons. The first-order valence-electron chi connectivity index (χ1n) is 8.77. The molecule has 0 bridgehead atoms. The predicted molar refractivity (Wildman–Crippen MR) is 98.6 cm³/mol. The van der Waals surface area contributed by atoms with Crippen LogP contribution in [0.2, 0.25) is 0 Å². The summed E-state index contributed by atoms with van der Waals surface area (Å²) in [5.74, 6) is 2.48. The van der Waals surface area contributed by atoms with Gasteiger partial charge in [0.05, 0.1) is 6.61 Å². The van der Waals surface area contributed by atoms with E-state index in [1.807, 2.05) is 18.2 Å². The Morgan fingerprint density at radius 1 is 1.21 bits per heavy atom. The zero-order valence-corrected chi connectivity index (χ0v) is 15.4. The van der Waals surface area contributed by atoms with E-state index >= 15 is 0 Å². The molecule has 0 heterocycles. The number of rotatable bonds is 8. The molecule has 1 aromatic carbocycles. The number of ether oxygens (including phenoxy) is 2. The molecule has 0 spiro atoms. The number of guanidine groups is 1. The van der Waals surface area contributed by atoms with Gasteiger partial charge in [-0.3, -0.25) is 4.99 Å². The summed E-state index contributed by atoms with van der Waals surface area (Å²) in [5, 5.41) is 6.60. The van der Waals surface area contributed by atoms with Gasteiger partial charge in [-0.15, -0.1) is 0 Å². The van der Waals surface area contributed by atoms with Gasteiger partial charge in [-0.1, -0.05) is 18.2 Å². The minimum absolute atomic E-state index is 0.213. The highest BCUT2D eigenvalue weighted by Crippen LogP contribution is 2.28. The third-order valence-corrected chi connectivity index (χ3v) is 3.65. The summed E-state index contributed by atoms with van der Waals surface area (Å²) in [6, 6.07) is 8.09. The third kappa shape index (κ3) is 7.21. The predicted octanol–water partition coefficient (Wildman–Crippen LogP) is 2.96. The fraction of sp³-hybridized carbons (Fsp3) is 0.632. The van der Waals surface area contributed by atoms with Gasteiger partial charge >= 0.3 is 0 Å². The molecule has 5 heteroatoms. The van der Waals surface area contributed by atoms with Crippen LogP contribution in [0.25, 0.3) is 0 Å². The Kier molecular flexibility index (Phi) is 6.91. The van der Waals surface area contributed by atoms with Gasteiger partial charge in [0.15, 0.2) is 5.96 Å². The van der Waals surface area contributed by atoms with E-state index in [0.29, 0.717) is 13.2 Å². The lowest BCUT2D eigenvalue weighted by atomic mass is 10.1. The summed E-state index contributed by atoms with van der Waals surface area (Å²) in [6.45, 7) is 9.19. The molecular formula is C19H31N3O2. The summed E-state index contributed by atoms with van der Waals surface area (Å²) in [5.41, 5.74) is 0.898. The summed E-state index contributed by atoms with van der Waals surface area (Å²) in [7, 11) is 1.78. The van der Waals surface area contributed by atoms with E-state index in [0.717, 1.165) is 36.3 Å². The van der Waals surface area contributed by atoms with Crippen molar-refractivity contribution in [3.63, 3.8) is 0 Å². The fourth-order valence-corrected chi connectivity index (χ4v) is 2.25. The van der Waals surface area contributed by atoms with Crippen LogP contribution in [0, 0.1) is 5.92 Å². The van der Waals surface area contributed by atoms with Crippen molar-refractivity contribution in [3.8, 4) is 5.75 Å². The van der Waals surface area contributed by atoms with Crippen LogP contribution < -0.4 is 15.4 Å². The first kappa shape index (κ1) is 18.6. The third-order valence-electron chi connectivity index (χ3n) is 3.65. The molecule has 2 rings (SSSR count). The lowest BCUT2D eigenvalue weighted by Crippen LogP contribution is -2.38. The first-order chi connectivity index (χ1) is 11.5. The van der Waals surface area contributed by atoms with Crippen molar-refractivity contribution in [2.75, 3.05) is 26.8 Å². The van der Waals surface area contributed by atoms with Gasteiger partial charge in [0.25, 0.3) is 0 Å². The maximum absolute atomic E-state index is 6.02. The van der Waals surface area contributed by atoms with E-state index in [1.165, 1.54) is 12.8 Å². The van der Waals surface area contributed by atoms with Crippen molar-refractivity contribution < 1.29 is 9.47 Å². The quantitative estimate of drug-likeness (QED) is 0.436. The normalized spacial score (nSPS) is 15.2. The Bertz CT molecular complexity index is 534. The average Bonchev–Trinajstić information content (AvgIpc) is 3.34. The topological polar surface area (TPSA) is 54.9 Å². The van der Waals surface area contributed by atoms with Gasteiger partial charge in [0.2, 0.25) is 0 Å². The Labute approximate surface area is 145 Å². The maximum Gasteiger partial charge on any atom is 0.191 e. The molecule has 5 nitrogen and oxygen atoms in total. The van der Waals surface area contributed by atoms with Gasteiger partial charge in [0, 0.05) is 32.3 Å². The average molecular weight is 333 g/mol. The molecule has 0 aliphatic heterocycles. The molecule has 1 saturated carbocycles. The lowest BCUT2D eigenvalue weighted by molar-refractivity contribution is 0.128. The molecule has 2 N–H and O–H groups in total. The van der Waals surface area contributed by atoms with Crippen LogP contribution in [0.1, 0.15) is 39.2 Å². The number of aliphatic imine (C=N–C) groups is 1. The van der Waals surface area contributed by atoms with E-state index in [1.54, 1.807) is 7.05 Å². The van der Waals surface area contributed by atoms with Crippen molar-refractivity contribution in [1.82, 2.24) is 10.6 Å². The second-order valence-corrected chi connectivity index (χ2v) is 7.19. The van der Waals surface area contributed by atoms with Crippen LogP contribution in [-0.4, -0.2) is 38.4 Å². The smallest absolute Gasteiger partial charge is 0.191 e. The SMILES string of the molecule is CN=C(NCCOCC1CC1)NCc1ccccc1OC(C)(C)C. The number of nitrogens with zero attached hydrogens (tertiary/aromatic N) is 1. The highest BCUT2D eigenvalue weighted by atomic mass is 16.5. The minimum atomic E-state index is -0.213. The van der Waals surface area contributed by atoms with E-state index in [2.05, 4.69) is 42.5 Å². The van der Waals surface area contributed by atoms with Crippen LogP contribution in [0.4, 0.5) is 0 Å². The van der Waals surface area contributed by atoms with Crippen LogP contribution in [-0.2, 0) is 11.3 Å². The van der Waals surface area contributed by atoms with Gasteiger partial charge in [-0.25, -0.2) is 0 Å². The molecule has 0 saturated heterocycles. The second-order valence-electron chi connectivity index (χ2n) is 7.19. The molecule has 1 aliphatic rings. The summed E-state index contributed by atoms with van der Waals surface area (Å²) < 4.78 is 11.6. The lowest BCUT2D eigenvalue weighted by Gasteiger charge is -2.23. The number of hydrogen-bond acceptors (Lipinski definition) is 3. The summed E-state index contributed by atoms with van der Waals surface area (Å²) in [4.78, 5) is 4.25. The molecule has 0 atom stereocenters. The number of nitrogens with one attached hydrogen (secondary N) is 2. The zero-order chi connectivity index (χ0) is 17.4. The molecule has 24 heavy (non-hydrogen) atoms. The van der Waals surface area contributed by atoms with Gasteiger partial charge < -0.3 is 20.1 Å². The van der Waals surface area contributed by atoms with Gasteiger partial charge in [-0.05, 0) is 45.6 Å². The van der Waals surface area contributed by atoms with Crippen molar-refractivity contribution >= 4 is 5.96 Å². The first-order valence-corrected chi connectivity index (χ1v) is 8.77. The van der Waals surface area contributed by atoms with Crippen LogP contribution in [0.5, 0.6) is 5.75 Å². The Morgan fingerprint density at radius 2 is 1.96 bits per heavy atom. The molecule has 1 aromatic rings. The zero-order valence-electron chi connectivity index (χ0n) is 15.4. The standard InChI is InChI=1S/C19H31N3O2/c1-19(2,3)24-17-8-6-5-7-16(17)13-22-18(20-4)21-11-12-23-14-15-9-10-15/h5-8,15H,9-14H2,1-4H3,(H2,20,21,22). The summed E-state index contributed by atoms with van der Waals surface area (Å²) in [6.07, 6.45) is 2.65. The van der Waals surface area contributed by atoms with Gasteiger partial charge in [0.1, 0.15) is 11.4 Å². The minimum Gasteiger partial charge on any atom is -0.488 e. The van der Waals surface area contributed by atoms with E-state index in [9.17, 15) is 0 Å². The molecule has 0 unspecified atom stereocenters. The van der Waals surface area contributed by atoms with E-state index in [4.69, 9.17) is 9.47 Å². The van der Waals surface area contributed by atoms with Crippen LogP contribution in [0.15, 0.2) is 29.3 Å². The number of hydrogen-bond donors (Lipinski definition) is 2. The maximum atomic E-state index is 6.02. The van der Waals surface area contributed by atoms with E-state index < -0.39 is 0 Å². The highest BCUT2D eigenvalue weighted by molar-refractivity contribution is 5.79. The van der Waals surface area contributed by atoms with Crippen LogP contribution in [0.3, 0.4) is 0 Å². The molecule has 0 aromatic heterocycles. The van der Waals surface area contributed by atoms with Gasteiger partial charge in [-0.2, -0.15) is 0 Å². The Hall–Kier alpha value is -1.75.